The number of hydrogen-bond acceptors (Lipinski definition) is 2. The Hall–Kier alpha value is -5.54. The third kappa shape index (κ3) is 6.24. The first kappa shape index (κ1) is 29.8. The van der Waals surface area contributed by atoms with Gasteiger partial charge in [0.25, 0.3) is 0 Å². The lowest BCUT2D eigenvalue weighted by Gasteiger charge is -2.23. The zero-order chi connectivity index (χ0) is 32.1. The Morgan fingerprint density at radius 3 is 1.21 bits per heavy atom. The van der Waals surface area contributed by atoms with Crippen molar-refractivity contribution < 1.29 is 0 Å². The van der Waals surface area contributed by atoms with E-state index in [1.165, 1.54) is 53.9 Å². The van der Waals surface area contributed by atoms with Crippen LogP contribution in [0.2, 0.25) is 0 Å². The molecule has 8 rings (SSSR count). The zero-order valence-electron chi connectivity index (χ0n) is 27.2. The molecule has 1 aliphatic carbocycles. The van der Waals surface area contributed by atoms with Crippen molar-refractivity contribution in [2.45, 2.75) is 38.6 Å². The second kappa shape index (κ2) is 13.7. The van der Waals surface area contributed by atoms with Crippen LogP contribution in [0.15, 0.2) is 168 Å². The summed E-state index contributed by atoms with van der Waals surface area (Å²) in [5.41, 5.74) is 10.8. The van der Waals surface area contributed by atoms with Gasteiger partial charge in [-0.3, -0.25) is 0 Å². The summed E-state index contributed by atoms with van der Waals surface area (Å²) in [6.07, 6.45) is 6.57. The number of hydrogen-bond donors (Lipinski definition) is 0. The van der Waals surface area contributed by atoms with Crippen LogP contribution in [0.25, 0.3) is 21.8 Å². The van der Waals surface area contributed by atoms with Gasteiger partial charge in [0.1, 0.15) is 0 Å². The predicted octanol–water partition coefficient (Wildman–Crippen LogP) is 11.7. The van der Waals surface area contributed by atoms with Crippen LogP contribution in [0.3, 0.4) is 0 Å². The van der Waals surface area contributed by atoms with Gasteiger partial charge in [-0.05, 0) is 43.0 Å². The van der Waals surface area contributed by atoms with E-state index in [0.717, 1.165) is 51.6 Å². The Morgan fingerprint density at radius 2 is 0.833 bits per heavy atom. The van der Waals surface area contributed by atoms with Crippen molar-refractivity contribution >= 4 is 44.6 Å². The van der Waals surface area contributed by atoms with Crippen LogP contribution in [-0.2, 0) is 6.54 Å². The Kier molecular flexibility index (Phi) is 8.50. The highest BCUT2D eigenvalue weighted by Gasteiger charge is 2.19. The topological polar surface area (TPSA) is 29.6 Å². The maximum atomic E-state index is 5.31. The van der Waals surface area contributed by atoms with Gasteiger partial charge < -0.3 is 4.57 Å². The fraction of sp³-hybridized carbons (Fsp3) is 0.156. The molecule has 6 aromatic carbocycles. The van der Waals surface area contributed by atoms with E-state index in [2.05, 4.69) is 162 Å². The second-order valence-corrected chi connectivity index (χ2v) is 12.9. The maximum absolute atomic E-state index is 5.31. The van der Waals surface area contributed by atoms with Gasteiger partial charge >= 0.3 is 0 Å². The average Bonchev–Trinajstić information content (AvgIpc) is 3.46. The molecular formula is C45H39N3. The molecular weight excluding hydrogens is 583 g/mol. The molecule has 1 saturated carbocycles. The number of nitrogens with zero attached hydrogens (tertiary/aromatic N) is 3. The Bertz CT molecular complexity index is 1970. The van der Waals surface area contributed by atoms with E-state index < -0.39 is 0 Å². The third-order valence-electron chi connectivity index (χ3n) is 9.67. The van der Waals surface area contributed by atoms with Crippen LogP contribution in [0.5, 0.6) is 0 Å². The first-order valence-electron chi connectivity index (χ1n) is 17.3. The molecule has 0 atom stereocenters. The normalized spacial score (nSPS) is 13.4. The largest absolute Gasteiger partial charge is 0.340 e. The number of aliphatic imine (C=N–C) groups is 2. The van der Waals surface area contributed by atoms with Gasteiger partial charge in [-0.15, -0.1) is 0 Å². The lowest BCUT2D eigenvalue weighted by molar-refractivity contribution is 0.325. The molecule has 1 fully saturated rings. The highest BCUT2D eigenvalue weighted by Crippen LogP contribution is 2.37. The van der Waals surface area contributed by atoms with Crippen molar-refractivity contribution in [1.82, 2.24) is 4.57 Å². The molecule has 0 radical (unpaired) electrons. The van der Waals surface area contributed by atoms with Crippen molar-refractivity contribution in [1.29, 1.82) is 0 Å². The molecule has 48 heavy (non-hydrogen) atoms. The fourth-order valence-electron chi connectivity index (χ4n) is 7.27. The molecule has 0 N–H and O–H groups in total. The van der Waals surface area contributed by atoms with E-state index in [1.807, 2.05) is 0 Å². The van der Waals surface area contributed by atoms with E-state index in [-0.39, 0.29) is 0 Å². The summed E-state index contributed by atoms with van der Waals surface area (Å²) < 4.78 is 2.56. The summed E-state index contributed by atoms with van der Waals surface area (Å²) in [5.74, 6) is 0.672. The van der Waals surface area contributed by atoms with Gasteiger partial charge in [-0.25, -0.2) is 9.98 Å². The minimum atomic E-state index is 0.672. The van der Waals surface area contributed by atoms with Gasteiger partial charge in [0.2, 0.25) is 0 Å². The molecule has 1 aliphatic rings. The molecule has 3 nitrogen and oxygen atoms in total. The van der Waals surface area contributed by atoms with Crippen molar-refractivity contribution in [3.63, 3.8) is 0 Å². The minimum Gasteiger partial charge on any atom is -0.340 e. The summed E-state index contributed by atoms with van der Waals surface area (Å²) in [7, 11) is 0. The van der Waals surface area contributed by atoms with E-state index in [4.69, 9.17) is 9.98 Å². The van der Waals surface area contributed by atoms with Crippen LogP contribution < -0.4 is 0 Å². The van der Waals surface area contributed by atoms with E-state index >= 15 is 0 Å². The summed E-state index contributed by atoms with van der Waals surface area (Å²) >= 11 is 0. The highest BCUT2D eigenvalue weighted by atomic mass is 15.0. The fourth-order valence-corrected chi connectivity index (χ4v) is 7.27. The van der Waals surface area contributed by atoms with Crippen molar-refractivity contribution in [3.05, 3.63) is 180 Å². The minimum absolute atomic E-state index is 0.672. The number of aromatic nitrogens is 1. The molecule has 3 heteroatoms. The van der Waals surface area contributed by atoms with Crippen LogP contribution in [-0.4, -0.2) is 16.0 Å². The van der Waals surface area contributed by atoms with Crippen molar-refractivity contribution in [2.75, 3.05) is 0 Å². The summed E-state index contributed by atoms with van der Waals surface area (Å²) in [6, 6.07) is 55.5. The smallest absolute Gasteiger partial charge is 0.0781 e. The number of benzene rings is 6. The van der Waals surface area contributed by atoms with Crippen LogP contribution in [0, 0.1) is 5.92 Å². The van der Waals surface area contributed by atoms with Crippen LogP contribution >= 0.6 is 0 Å². The predicted molar refractivity (Wildman–Crippen MR) is 202 cm³/mol. The maximum Gasteiger partial charge on any atom is 0.0781 e. The van der Waals surface area contributed by atoms with E-state index in [1.54, 1.807) is 0 Å². The molecule has 0 spiro atoms. The van der Waals surface area contributed by atoms with E-state index in [9.17, 15) is 0 Å². The van der Waals surface area contributed by atoms with Gasteiger partial charge in [-0.1, -0.05) is 153 Å². The molecule has 1 heterocycles. The Morgan fingerprint density at radius 1 is 0.458 bits per heavy atom. The first-order valence-corrected chi connectivity index (χ1v) is 17.3. The SMILES string of the molecule is c1ccc(C(=Nc2ccc3c4ccc(N=C(c5ccccc5)c5ccccc5)cc4n(CC4CCCCC4)c3c2)c2ccccc2)cc1. The quantitative estimate of drug-likeness (QED) is 0.151. The van der Waals surface area contributed by atoms with Gasteiger partial charge in [0.05, 0.1) is 33.8 Å². The molecule has 0 aliphatic heterocycles. The van der Waals surface area contributed by atoms with Crippen molar-refractivity contribution in [2.24, 2.45) is 15.9 Å². The monoisotopic (exact) mass is 621 g/mol. The van der Waals surface area contributed by atoms with Crippen molar-refractivity contribution in [3.8, 4) is 0 Å². The Balaban J connectivity index is 1.29. The number of rotatable bonds is 8. The average molecular weight is 622 g/mol. The molecule has 1 aromatic heterocycles. The van der Waals surface area contributed by atoms with Gasteiger partial charge in [0, 0.05) is 39.6 Å². The summed E-state index contributed by atoms with van der Waals surface area (Å²) in [6.45, 7) is 1.01. The first-order chi connectivity index (χ1) is 23.8. The molecule has 234 valence electrons. The zero-order valence-corrected chi connectivity index (χ0v) is 27.2. The molecule has 0 unspecified atom stereocenters. The van der Waals surface area contributed by atoms with Crippen LogP contribution in [0.4, 0.5) is 11.4 Å². The highest BCUT2D eigenvalue weighted by molar-refractivity contribution is 6.16. The lowest BCUT2D eigenvalue weighted by atomic mass is 9.89. The lowest BCUT2D eigenvalue weighted by Crippen LogP contribution is -2.13. The number of fused-ring (bicyclic) bond motifs is 3. The third-order valence-corrected chi connectivity index (χ3v) is 9.67. The molecule has 0 bridgehead atoms. The summed E-state index contributed by atoms with van der Waals surface area (Å²) in [5, 5.41) is 2.53. The van der Waals surface area contributed by atoms with Gasteiger partial charge in [0.15, 0.2) is 0 Å². The summed E-state index contributed by atoms with van der Waals surface area (Å²) in [4.78, 5) is 10.6. The standard InChI is InChI=1S/C45H39N3/c1-6-16-33(17-7-1)32-48-42-30-38(46-44(34-18-8-2-9-19-34)35-20-10-3-11-21-35)26-28-40(42)41-29-27-39(31-43(41)48)47-45(36-22-12-4-13-23-36)37-24-14-5-15-25-37/h2-5,8-15,18-31,33H,1,6-7,16-17,32H2. The molecule has 7 aromatic rings. The molecule has 0 saturated heterocycles. The second-order valence-electron chi connectivity index (χ2n) is 12.9. The van der Waals surface area contributed by atoms with Crippen LogP contribution in [0.1, 0.15) is 54.4 Å². The van der Waals surface area contributed by atoms with Gasteiger partial charge in [-0.2, -0.15) is 0 Å². The van der Waals surface area contributed by atoms with E-state index in [0.29, 0.717) is 5.92 Å². The molecule has 0 amide bonds. The Labute approximate surface area is 283 Å².